The number of imide groups is 1. The van der Waals surface area contributed by atoms with Crippen LogP contribution in [-0.2, 0) is 9.59 Å². The summed E-state index contributed by atoms with van der Waals surface area (Å²) in [6.07, 6.45) is -0.627. The molecule has 1 aromatic rings. The van der Waals surface area contributed by atoms with Gasteiger partial charge in [-0.25, -0.2) is 0 Å². The van der Waals surface area contributed by atoms with E-state index in [1.807, 2.05) is 24.3 Å². The van der Waals surface area contributed by atoms with Crippen LogP contribution in [0.25, 0.3) is 0 Å². The number of hydrogen-bond donors (Lipinski definition) is 1. The fourth-order valence-electron chi connectivity index (χ4n) is 2.59. The lowest BCUT2D eigenvalue weighted by Gasteiger charge is -2.21. The summed E-state index contributed by atoms with van der Waals surface area (Å²) in [5.74, 6) is 0.0203. The molecule has 0 saturated carbocycles. The van der Waals surface area contributed by atoms with Gasteiger partial charge in [-0.15, -0.1) is 0 Å². The fourth-order valence-corrected chi connectivity index (χ4v) is 2.59. The molecule has 114 valence electrons. The third-order valence-corrected chi connectivity index (χ3v) is 4.06. The zero-order valence-electron chi connectivity index (χ0n) is 13.1. The van der Waals surface area contributed by atoms with E-state index in [0.29, 0.717) is 5.92 Å². The summed E-state index contributed by atoms with van der Waals surface area (Å²) in [6.45, 7) is 7.76. The zero-order chi connectivity index (χ0) is 15.8. The maximum Gasteiger partial charge on any atom is 0.235 e. The molecule has 0 spiro atoms. The van der Waals surface area contributed by atoms with Gasteiger partial charge < -0.3 is 5.11 Å². The first-order valence-electron chi connectivity index (χ1n) is 7.35. The Morgan fingerprint density at radius 3 is 2.10 bits per heavy atom. The van der Waals surface area contributed by atoms with Gasteiger partial charge in [0.2, 0.25) is 11.8 Å². The van der Waals surface area contributed by atoms with E-state index in [1.165, 1.54) is 10.5 Å². The van der Waals surface area contributed by atoms with Gasteiger partial charge in [-0.2, -0.15) is 0 Å². The fraction of sp³-hybridized carbons (Fsp3) is 0.529. The molecule has 0 bridgehead atoms. The predicted molar refractivity (Wildman–Crippen MR) is 80.6 cm³/mol. The molecule has 0 radical (unpaired) electrons. The topological polar surface area (TPSA) is 57.6 Å². The summed E-state index contributed by atoms with van der Waals surface area (Å²) in [7, 11) is 0. The minimum absolute atomic E-state index is 0.0299. The highest BCUT2D eigenvalue weighted by atomic mass is 16.3. The van der Waals surface area contributed by atoms with Crippen molar-refractivity contribution in [3.8, 4) is 0 Å². The van der Waals surface area contributed by atoms with E-state index in [0.717, 1.165) is 5.56 Å². The van der Waals surface area contributed by atoms with Crippen LogP contribution in [0.5, 0.6) is 0 Å². The first kappa shape index (κ1) is 15.7. The van der Waals surface area contributed by atoms with Crippen molar-refractivity contribution >= 4 is 11.8 Å². The Bertz CT molecular complexity index is 546. The predicted octanol–water partition coefficient (Wildman–Crippen LogP) is 2.63. The van der Waals surface area contributed by atoms with E-state index < -0.39 is 11.5 Å². The number of hydrogen-bond acceptors (Lipinski definition) is 3. The number of nitrogens with zero attached hydrogens (tertiary/aromatic N) is 1. The molecule has 0 aromatic heterocycles. The molecule has 1 atom stereocenters. The van der Waals surface area contributed by atoms with Gasteiger partial charge in [0.15, 0.2) is 0 Å². The number of amides is 2. The number of aliphatic hydroxyl groups is 1. The normalized spacial score (nSPS) is 19.4. The lowest BCUT2D eigenvalue weighted by atomic mass is 9.92. The lowest BCUT2D eigenvalue weighted by molar-refractivity contribution is -0.142. The van der Waals surface area contributed by atoms with Crippen LogP contribution in [0.2, 0.25) is 0 Å². The molecule has 1 saturated heterocycles. The van der Waals surface area contributed by atoms with E-state index in [1.54, 1.807) is 13.8 Å². The molecule has 1 N–H and O–H groups in total. The monoisotopic (exact) mass is 289 g/mol. The molecule has 1 aromatic carbocycles. The highest BCUT2D eigenvalue weighted by Gasteiger charge is 2.45. The minimum Gasteiger partial charge on any atom is -0.387 e. The van der Waals surface area contributed by atoms with Gasteiger partial charge >= 0.3 is 0 Å². The van der Waals surface area contributed by atoms with Crippen LogP contribution in [0.15, 0.2) is 24.3 Å². The van der Waals surface area contributed by atoms with Crippen molar-refractivity contribution < 1.29 is 14.7 Å². The largest absolute Gasteiger partial charge is 0.387 e. The number of carbonyl (C=O) groups is 2. The standard InChI is InChI=1S/C17H23NO3/c1-11(2)12-5-7-13(8-6-12)14(19)10-18-15(20)9-17(3,4)16(18)21/h5-8,11,14,19H,9-10H2,1-4H3. The summed E-state index contributed by atoms with van der Waals surface area (Å²) >= 11 is 0. The van der Waals surface area contributed by atoms with Crippen LogP contribution in [0.1, 0.15) is 57.3 Å². The molecule has 4 heteroatoms. The van der Waals surface area contributed by atoms with Crippen LogP contribution < -0.4 is 0 Å². The van der Waals surface area contributed by atoms with Gasteiger partial charge in [0, 0.05) is 6.42 Å². The summed E-state index contributed by atoms with van der Waals surface area (Å²) in [6, 6.07) is 7.66. The number of rotatable bonds is 4. The van der Waals surface area contributed by atoms with Crippen molar-refractivity contribution in [3.05, 3.63) is 35.4 Å². The van der Waals surface area contributed by atoms with Crippen LogP contribution in [0, 0.1) is 5.41 Å². The Balaban J connectivity index is 2.09. The van der Waals surface area contributed by atoms with Gasteiger partial charge in [-0.05, 0) is 17.0 Å². The number of β-amino-alcohol motifs (C(OH)–C–C–N with tert-alkyl or cyclic N) is 1. The van der Waals surface area contributed by atoms with Crippen molar-refractivity contribution in [1.29, 1.82) is 0 Å². The van der Waals surface area contributed by atoms with Crippen molar-refractivity contribution in [2.45, 2.75) is 46.1 Å². The summed E-state index contributed by atoms with van der Waals surface area (Å²) in [5, 5.41) is 10.3. The Labute approximate surface area is 125 Å². The summed E-state index contributed by atoms with van der Waals surface area (Å²) in [5.41, 5.74) is 1.27. The second-order valence-electron chi connectivity index (χ2n) is 6.71. The van der Waals surface area contributed by atoms with Crippen LogP contribution >= 0.6 is 0 Å². The molecule has 2 rings (SSSR count). The van der Waals surface area contributed by atoms with Crippen molar-refractivity contribution in [1.82, 2.24) is 4.90 Å². The van der Waals surface area contributed by atoms with Crippen molar-refractivity contribution in [2.24, 2.45) is 5.41 Å². The first-order chi connectivity index (χ1) is 9.72. The molecule has 0 aliphatic carbocycles. The maximum atomic E-state index is 12.1. The number of carbonyl (C=O) groups excluding carboxylic acids is 2. The van der Waals surface area contributed by atoms with E-state index in [2.05, 4.69) is 13.8 Å². The molecule has 4 nitrogen and oxygen atoms in total. The van der Waals surface area contributed by atoms with E-state index in [4.69, 9.17) is 0 Å². The smallest absolute Gasteiger partial charge is 0.235 e. The molecule has 1 heterocycles. The molecule has 1 fully saturated rings. The molecule has 21 heavy (non-hydrogen) atoms. The molecular weight excluding hydrogens is 266 g/mol. The average molecular weight is 289 g/mol. The average Bonchev–Trinajstić information content (AvgIpc) is 2.61. The quantitative estimate of drug-likeness (QED) is 0.867. The van der Waals surface area contributed by atoms with Crippen LogP contribution in [0.4, 0.5) is 0 Å². The highest BCUT2D eigenvalue weighted by molar-refractivity contribution is 6.05. The zero-order valence-corrected chi connectivity index (χ0v) is 13.1. The Hall–Kier alpha value is -1.68. The highest BCUT2D eigenvalue weighted by Crippen LogP contribution is 2.32. The first-order valence-corrected chi connectivity index (χ1v) is 7.35. The molecule has 2 amide bonds. The Kier molecular flexibility index (Phi) is 4.19. The van der Waals surface area contributed by atoms with Crippen LogP contribution in [0.3, 0.4) is 0 Å². The van der Waals surface area contributed by atoms with Crippen molar-refractivity contribution in [2.75, 3.05) is 6.54 Å². The van der Waals surface area contributed by atoms with Crippen molar-refractivity contribution in [3.63, 3.8) is 0 Å². The number of likely N-dealkylation sites (tertiary alicyclic amines) is 1. The second kappa shape index (κ2) is 5.60. The molecule has 1 unspecified atom stereocenters. The van der Waals surface area contributed by atoms with E-state index >= 15 is 0 Å². The maximum absolute atomic E-state index is 12.1. The third-order valence-electron chi connectivity index (χ3n) is 4.06. The van der Waals surface area contributed by atoms with Crippen LogP contribution in [-0.4, -0.2) is 28.4 Å². The van der Waals surface area contributed by atoms with Gasteiger partial charge in [-0.1, -0.05) is 52.0 Å². The number of aliphatic hydroxyl groups excluding tert-OH is 1. The van der Waals surface area contributed by atoms with Gasteiger partial charge in [0.1, 0.15) is 0 Å². The van der Waals surface area contributed by atoms with Gasteiger partial charge in [-0.3, -0.25) is 14.5 Å². The molecule has 1 aliphatic heterocycles. The second-order valence-corrected chi connectivity index (χ2v) is 6.71. The molecule has 1 aliphatic rings. The molecular formula is C17H23NO3. The Morgan fingerprint density at radius 1 is 1.14 bits per heavy atom. The summed E-state index contributed by atoms with van der Waals surface area (Å²) < 4.78 is 0. The van der Waals surface area contributed by atoms with Gasteiger partial charge in [0.25, 0.3) is 0 Å². The minimum atomic E-state index is -0.840. The van der Waals surface area contributed by atoms with Gasteiger partial charge in [0.05, 0.1) is 18.1 Å². The van der Waals surface area contributed by atoms with E-state index in [-0.39, 0.29) is 24.8 Å². The Morgan fingerprint density at radius 2 is 1.67 bits per heavy atom. The SMILES string of the molecule is CC(C)c1ccc(C(O)CN2C(=O)CC(C)(C)C2=O)cc1. The third kappa shape index (κ3) is 3.16. The lowest BCUT2D eigenvalue weighted by Crippen LogP contribution is -2.36. The van der Waals surface area contributed by atoms with E-state index in [9.17, 15) is 14.7 Å². The summed E-state index contributed by atoms with van der Waals surface area (Å²) in [4.78, 5) is 25.2. The number of benzene rings is 1.